The van der Waals surface area contributed by atoms with E-state index in [2.05, 4.69) is 5.32 Å². The van der Waals surface area contributed by atoms with Gasteiger partial charge in [0.2, 0.25) is 5.91 Å². The molecule has 5 heteroatoms. The summed E-state index contributed by atoms with van der Waals surface area (Å²) < 4.78 is 0. The number of hydrogen-bond donors (Lipinski definition) is 3. The molecule has 5 nitrogen and oxygen atoms in total. The summed E-state index contributed by atoms with van der Waals surface area (Å²) in [7, 11) is 0. The van der Waals surface area contributed by atoms with Gasteiger partial charge in [-0.05, 0) is 19.4 Å². The molecule has 0 aromatic carbocycles. The van der Waals surface area contributed by atoms with Gasteiger partial charge in [-0.3, -0.25) is 10.5 Å². The molecule has 0 aromatic heterocycles. The van der Waals surface area contributed by atoms with Crippen LogP contribution < -0.4 is 22.5 Å². The normalized spacial score (nSPS) is 12.5. The standard InChI is InChI=1S/C8H19N4O/c9-4-2-1-3-7(11)8(13)12-6-5-10/h7,10H,1-6,9,11H2,(H,12,13)/t7-/m0/s1. The second kappa shape index (κ2) is 7.97. The van der Waals surface area contributed by atoms with Crippen LogP contribution in [0.1, 0.15) is 19.3 Å². The Morgan fingerprint density at radius 1 is 1.46 bits per heavy atom. The molecule has 1 amide bonds. The van der Waals surface area contributed by atoms with Crippen molar-refractivity contribution in [3.63, 3.8) is 0 Å². The van der Waals surface area contributed by atoms with Crippen molar-refractivity contribution < 1.29 is 4.79 Å². The van der Waals surface area contributed by atoms with Gasteiger partial charge in [-0.1, -0.05) is 6.42 Å². The fraction of sp³-hybridized carbons (Fsp3) is 0.875. The van der Waals surface area contributed by atoms with E-state index in [0.29, 0.717) is 19.5 Å². The number of hydrogen-bond acceptors (Lipinski definition) is 3. The maximum atomic E-state index is 11.1. The first-order valence-corrected chi connectivity index (χ1v) is 4.60. The molecule has 0 bridgehead atoms. The molecule has 6 N–H and O–H groups in total. The number of carbonyl (C=O) groups is 1. The van der Waals surface area contributed by atoms with E-state index in [4.69, 9.17) is 17.2 Å². The van der Waals surface area contributed by atoms with E-state index in [9.17, 15) is 4.79 Å². The summed E-state index contributed by atoms with van der Waals surface area (Å²) in [6.07, 6.45) is 2.45. The predicted octanol–water partition coefficient (Wildman–Crippen LogP) is -1.16. The van der Waals surface area contributed by atoms with Crippen molar-refractivity contribution >= 4 is 5.91 Å². The zero-order chi connectivity index (χ0) is 10.1. The van der Waals surface area contributed by atoms with Crippen LogP contribution in [0.4, 0.5) is 0 Å². The summed E-state index contributed by atoms with van der Waals surface area (Å²) in [6.45, 7) is 1.21. The first-order valence-electron chi connectivity index (χ1n) is 4.60. The molecule has 0 aliphatic carbocycles. The van der Waals surface area contributed by atoms with Gasteiger partial charge in [0.1, 0.15) is 0 Å². The van der Waals surface area contributed by atoms with E-state index in [1.807, 2.05) is 0 Å². The van der Waals surface area contributed by atoms with Gasteiger partial charge in [-0.25, -0.2) is 0 Å². The molecule has 0 fully saturated rings. The van der Waals surface area contributed by atoms with E-state index < -0.39 is 6.04 Å². The topological polar surface area (TPSA) is 105 Å². The van der Waals surface area contributed by atoms with E-state index in [1.165, 1.54) is 0 Å². The van der Waals surface area contributed by atoms with Gasteiger partial charge >= 0.3 is 0 Å². The Morgan fingerprint density at radius 2 is 2.15 bits per heavy atom. The number of nitrogens with one attached hydrogen (secondary N) is 2. The Morgan fingerprint density at radius 3 is 2.69 bits per heavy atom. The van der Waals surface area contributed by atoms with Crippen LogP contribution in [-0.2, 0) is 4.79 Å². The Hall–Kier alpha value is -0.650. The number of nitrogens with two attached hydrogens (primary N) is 2. The van der Waals surface area contributed by atoms with Crippen LogP contribution in [0.3, 0.4) is 0 Å². The molecule has 0 aliphatic rings. The lowest BCUT2D eigenvalue weighted by Crippen LogP contribution is -2.41. The molecule has 0 rings (SSSR count). The van der Waals surface area contributed by atoms with Crippen LogP contribution in [0.5, 0.6) is 0 Å². The van der Waals surface area contributed by atoms with Gasteiger partial charge in [0, 0.05) is 13.1 Å². The molecule has 0 heterocycles. The second-order valence-electron chi connectivity index (χ2n) is 2.93. The highest BCUT2D eigenvalue weighted by molar-refractivity contribution is 5.81. The monoisotopic (exact) mass is 187 g/mol. The first-order chi connectivity index (χ1) is 6.22. The zero-order valence-corrected chi connectivity index (χ0v) is 7.88. The molecule has 0 spiro atoms. The van der Waals surface area contributed by atoms with Crippen LogP contribution in [0.25, 0.3) is 0 Å². The van der Waals surface area contributed by atoms with Gasteiger partial charge in [0.25, 0.3) is 0 Å². The van der Waals surface area contributed by atoms with Crippen LogP contribution in [0.2, 0.25) is 0 Å². The third kappa shape index (κ3) is 6.51. The predicted molar refractivity (Wildman–Crippen MR) is 51.9 cm³/mol. The van der Waals surface area contributed by atoms with Crippen molar-refractivity contribution in [2.24, 2.45) is 11.5 Å². The zero-order valence-electron chi connectivity index (χ0n) is 7.88. The van der Waals surface area contributed by atoms with Crippen molar-refractivity contribution in [1.82, 2.24) is 11.1 Å². The summed E-state index contributed by atoms with van der Waals surface area (Å²) in [6, 6.07) is -0.446. The molecule has 0 aliphatic heterocycles. The Balaban J connectivity index is 3.45. The lowest BCUT2D eigenvalue weighted by molar-refractivity contribution is -0.122. The van der Waals surface area contributed by atoms with Crippen molar-refractivity contribution in [2.45, 2.75) is 25.3 Å². The smallest absolute Gasteiger partial charge is 0.236 e. The SMILES string of the molecule is [NH]CCNC(=O)[C@@H](N)CCCCN. The van der Waals surface area contributed by atoms with Gasteiger partial charge < -0.3 is 16.8 Å². The maximum absolute atomic E-state index is 11.1. The van der Waals surface area contributed by atoms with Crippen LogP contribution in [0.15, 0.2) is 0 Å². The van der Waals surface area contributed by atoms with Gasteiger partial charge in [0.15, 0.2) is 0 Å². The van der Waals surface area contributed by atoms with Crippen LogP contribution >= 0.6 is 0 Å². The lowest BCUT2D eigenvalue weighted by atomic mass is 10.1. The number of carbonyl (C=O) groups excluding carboxylic acids is 1. The highest BCUT2D eigenvalue weighted by Crippen LogP contribution is 1.97. The molecule has 1 radical (unpaired) electrons. The van der Waals surface area contributed by atoms with Crippen molar-refractivity contribution in [3.8, 4) is 0 Å². The van der Waals surface area contributed by atoms with Crippen LogP contribution in [0, 0.1) is 0 Å². The summed E-state index contributed by atoms with van der Waals surface area (Å²) in [4.78, 5) is 11.1. The highest BCUT2D eigenvalue weighted by atomic mass is 16.2. The van der Waals surface area contributed by atoms with Crippen molar-refractivity contribution in [2.75, 3.05) is 19.6 Å². The third-order valence-electron chi connectivity index (χ3n) is 1.73. The van der Waals surface area contributed by atoms with Crippen LogP contribution in [-0.4, -0.2) is 31.6 Å². The largest absolute Gasteiger partial charge is 0.353 e. The third-order valence-corrected chi connectivity index (χ3v) is 1.73. The minimum absolute atomic E-state index is 0.163. The minimum atomic E-state index is -0.446. The van der Waals surface area contributed by atoms with E-state index in [0.717, 1.165) is 12.8 Å². The van der Waals surface area contributed by atoms with E-state index in [-0.39, 0.29) is 12.5 Å². The molecule has 0 saturated heterocycles. The molecule has 13 heavy (non-hydrogen) atoms. The lowest BCUT2D eigenvalue weighted by Gasteiger charge is -2.10. The van der Waals surface area contributed by atoms with Gasteiger partial charge in [0.05, 0.1) is 6.04 Å². The van der Waals surface area contributed by atoms with Gasteiger partial charge in [-0.2, -0.15) is 0 Å². The number of amides is 1. The summed E-state index contributed by atoms with van der Waals surface area (Å²) >= 11 is 0. The number of unbranched alkanes of at least 4 members (excludes halogenated alkanes) is 1. The fourth-order valence-corrected chi connectivity index (χ4v) is 0.956. The Labute approximate surface area is 79.0 Å². The average molecular weight is 187 g/mol. The second-order valence-corrected chi connectivity index (χ2v) is 2.93. The van der Waals surface area contributed by atoms with Gasteiger partial charge in [-0.15, -0.1) is 0 Å². The molecular formula is C8H19N4O. The van der Waals surface area contributed by atoms with Crippen molar-refractivity contribution in [3.05, 3.63) is 0 Å². The highest BCUT2D eigenvalue weighted by Gasteiger charge is 2.11. The summed E-state index contributed by atoms with van der Waals surface area (Å²) in [5, 5.41) is 2.58. The Kier molecular flexibility index (Phi) is 7.57. The quantitative estimate of drug-likeness (QED) is 0.438. The number of rotatable bonds is 7. The van der Waals surface area contributed by atoms with E-state index in [1.54, 1.807) is 0 Å². The first kappa shape index (κ1) is 12.3. The van der Waals surface area contributed by atoms with E-state index >= 15 is 0 Å². The van der Waals surface area contributed by atoms with Crippen molar-refractivity contribution in [1.29, 1.82) is 0 Å². The molecule has 0 unspecified atom stereocenters. The molecule has 0 aromatic rings. The Bertz CT molecular complexity index is 140. The minimum Gasteiger partial charge on any atom is -0.353 e. The average Bonchev–Trinajstić information content (AvgIpc) is 2.14. The summed E-state index contributed by atoms with van der Waals surface area (Å²) in [5.41, 5.74) is 17.7. The summed E-state index contributed by atoms with van der Waals surface area (Å²) in [5.74, 6) is -0.163. The maximum Gasteiger partial charge on any atom is 0.236 e. The molecule has 77 valence electrons. The molecule has 1 atom stereocenters. The molecule has 0 saturated carbocycles. The fourth-order valence-electron chi connectivity index (χ4n) is 0.956. The molecular weight excluding hydrogens is 168 g/mol.